The Kier molecular flexibility index (Phi) is 3.93. The number of nitrogens with zero attached hydrogens (tertiary/aromatic N) is 1. The summed E-state index contributed by atoms with van der Waals surface area (Å²) >= 11 is 0.690. The van der Waals surface area contributed by atoms with E-state index < -0.39 is 16.0 Å². The molecule has 9 heteroatoms. The monoisotopic (exact) mass is 316 g/mol. The molecular formula is C11H12N2O5S2. The van der Waals surface area contributed by atoms with Crippen molar-refractivity contribution in [2.75, 3.05) is 0 Å². The fraction of sp³-hybridized carbons (Fsp3) is 0.273. The van der Waals surface area contributed by atoms with Gasteiger partial charge in [-0.3, -0.25) is 0 Å². The third-order valence-corrected chi connectivity index (χ3v) is 5.51. The van der Waals surface area contributed by atoms with Crippen molar-refractivity contribution in [1.82, 2.24) is 9.71 Å². The Morgan fingerprint density at radius 1 is 1.45 bits per heavy atom. The summed E-state index contributed by atoms with van der Waals surface area (Å²) in [4.78, 5) is 14.8. The van der Waals surface area contributed by atoms with Crippen molar-refractivity contribution < 1.29 is 22.7 Å². The van der Waals surface area contributed by atoms with Crippen LogP contribution in [-0.4, -0.2) is 24.5 Å². The number of carboxylic acids is 1. The molecule has 0 atom stereocenters. The molecule has 0 aliphatic rings. The number of carboxylic acid groups (broad SMARTS) is 1. The van der Waals surface area contributed by atoms with Gasteiger partial charge in [0.2, 0.25) is 5.89 Å². The lowest BCUT2D eigenvalue weighted by molar-refractivity contribution is 0.0702. The van der Waals surface area contributed by atoms with Crippen molar-refractivity contribution in [3.63, 3.8) is 0 Å². The number of hydrogen-bond acceptors (Lipinski definition) is 6. The van der Waals surface area contributed by atoms with Crippen LogP contribution in [0.15, 0.2) is 20.8 Å². The van der Waals surface area contributed by atoms with Gasteiger partial charge < -0.3 is 9.52 Å². The van der Waals surface area contributed by atoms with E-state index in [1.807, 2.05) is 0 Å². The number of aromatic nitrogens is 1. The van der Waals surface area contributed by atoms with Crippen LogP contribution in [-0.2, 0) is 16.6 Å². The molecule has 0 radical (unpaired) electrons. The van der Waals surface area contributed by atoms with E-state index in [0.29, 0.717) is 22.8 Å². The van der Waals surface area contributed by atoms with Gasteiger partial charge >= 0.3 is 5.97 Å². The number of nitrogens with one attached hydrogen (secondary N) is 1. The Bertz CT molecular complexity index is 725. The Balaban J connectivity index is 2.12. The Labute approximate surface area is 119 Å². The normalized spacial score (nSPS) is 11.7. The maximum absolute atomic E-state index is 12.0. The number of oxazole rings is 1. The second-order valence-corrected chi connectivity index (χ2v) is 7.08. The highest BCUT2D eigenvalue weighted by Crippen LogP contribution is 2.21. The van der Waals surface area contributed by atoms with E-state index >= 15 is 0 Å². The van der Waals surface area contributed by atoms with E-state index in [2.05, 4.69) is 9.71 Å². The zero-order valence-corrected chi connectivity index (χ0v) is 12.3. The topological polar surface area (TPSA) is 110 Å². The zero-order chi connectivity index (χ0) is 14.9. The zero-order valence-electron chi connectivity index (χ0n) is 10.7. The summed E-state index contributed by atoms with van der Waals surface area (Å²) in [6, 6.07) is 2.50. The first-order valence-corrected chi connectivity index (χ1v) is 7.85. The van der Waals surface area contributed by atoms with Gasteiger partial charge in [0.25, 0.3) is 10.0 Å². The van der Waals surface area contributed by atoms with E-state index in [1.54, 1.807) is 13.8 Å². The SMILES string of the molecule is Cc1nc(CNS(=O)(=O)c2ccc(C(=O)O)s2)oc1C. The molecule has 0 aliphatic heterocycles. The number of aryl methyl sites for hydroxylation is 2. The molecule has 20 heavy (non-hydrogen) atoms. The summed E-state index contributed by atoms with van der Waals surface area (Å²) in [6.07, 6.45) is 0. The van der Waals surface area contributed by atoms with Crippen molar-refractivity contribution >= 4 is 27.3 Å². The Morgan fingerprint density at radius 2 is 2.15 bits per heavy atom. The first kappa shape index (κ1) is 14.7. The molecule has 0 unspecified atom stereocenters. The molecule has 0 amide bonds. The number of carbonyl (C=O) groups is 1. The van der Waals surface area contributed by atoms with E-state index in [1.165, 1.54) is 12.1 Å². The molecule has 0 bridgehead atoms. The molecule has 0 aliphatic carbocycles. The number of hydrogen-bond donors (Lipinski definition) is 2. The largest absolute Gasteiger partial charge is 0.477 e. The minimum absolute atomic E-state index is 0.0341. The molecule has 2 rings (SSSR count). The number of rotatable bonds is 5. The summed E-state index contributed by atoms with van der Waals surface area (Å²) in [5, 5.41) is 8.78. The predicted molar refractivity (Wildman–Crippen MR) is 71.3 cm³/mol. The number of thiophene rings is 1. The molecule has 0 aromatic carbocycles. The summed E-state index contributed by atoms with van der Waals surface area (Å²) < 4.78 is 31.5. The van der Waals surface area contributed by atoms with Gasteiger partial charge in [0.15, 0.2) is 0 Å². The molecule has 2 heterocycles. The average molecular weight is 316 g/mol. The average Bonchev–Trinajstić information content (AvgIpc) is 2.96. The van der Waals surface area contributed by atoms with Crippen LogP contribution in [0.3, 0.4) is 0 Å². The number of sulfonamides is 1. The highest BCUT2D eigenvalue weighted by atomic mass is 32.2. The standard InChI is InChI=1S/C11H12N2O5S2/c1-6-7(2)18-9(13-6)5-12-20(16,17)10-4-3-8(19-10)11(14)15/h3-4,12H,5H2,1-2H3,(H,14,15). The van der Waals surface area contributed by atoms with Crippen LogP contribution in [0.5, 0.6) is 0 Å². The van der Waals surface area contributed by atoms with Crippen LogP contribution in [0.2, 0.25) is 0 Å². The van der Waals surface area contributed by atoms with Crippen LogP contribution >= 0.6 is 11.3 Å². The van der Waals surface area contributed by atoms with Crippen LogP contribution in [0, 0.1) is 13.8 Å². The van der Waals surface area contributed by atoms with Gasteiger partial charge in [0.1, 0.15) is 14.8 Å². The van der Waals surface area contributed by atoms with Crippen molar-refractivity contribution in [2.24, 2.45) is 0 Å². The lowest BCUT2D eigenvalue weighted by Gasteiger charge is -2.01. The van der Waals surface area contributed by atoms with Gasteiger partial charge in [-0.2, -0.15) is 0 Å². The maximum atomic E-state index is 12.0. The van der Waals surface area contributed by atoms with Gasteiger partial charge in [-0.25, -0.2) is 22.9 Å². The quantitative estimate of drug-likeness (QED) is 0.865. The third kappa shape index (κ3) is 3.06. The van der Waals surface area contributed by atoms with E-state index in [9.17, 15) is 13.2 Å². The second-order valence-electron chi connectivity index (χ2n) is 4.00. The molecule has 0 saturated heterocycles. The minimum atomic E-state index is -3.77. The van der Waals surface area contributed by atoms with E-state index in [0.717, 1.165) is 0 Å². The summed E-state index contributed by atoms with van der Waals surface area (Å²) in [6.45, 7) is 3.41. The van der Waals surface area contributed by atoms with E-state index in [4.69, 9.17) is 9.52 Å². The van der Waals surface area contributed by atoms with Crippen LogP contribution in [0.4, 0.5) is 0 Å². The molecule has 2 aromatic rings. The molecule has 0 saturated carbocycles. The Morgan fingerprint density at radius 3 is 2.65 bits per heavy atom. The lowest BCUT2D eigenvalue weighted by Crippen LogP contribution is -2.22. The van der Waals surface area contributed by atoms with Gasteiger partial charge in [-0.05, 0) is 26.0 Å². The first-order valence-electron chi connectivity index (χ1n) is 5.55. The summed E-state index contributed by atoms with van der Waals surface area (Å²) in [5.74, 6) is -0.266. The van der Waals surface area contributed by atoms with Crippen LogP contribution in [0.1, 0.15) is 27.0 Å². The molecule has 0 fully saturated rings. The highest BCUT2D eigenvalue weighted by molar-refractivity contribution is 7.91. The van der Waals surface area contributed by atoms with Crippen LogP contribution < -0.4 is 4.72 Å². The van der Waals surface area contributed by atoms with Crippen LogP contribution in [0.25, 0.3) is 0 Å². The molecular weight excluding hydrogens is 304 g/mol. The molecule has 2 N–H and O–H groups in total. The maximum Gasteiger partial charge on any atom is 0.345 e. The third-order valence-electron chi connectivity index (χ3n) is 2.54. The lowest BCUT2D eigenvalue weighted by atomic mass is 10.4. The van der Waals surface area contributed by atoms with Gasteiger partial charge in [-0.15, -0.1) is 11.3 Å². The Hall–Kier alpha value is -1.71. The summed E-state index contributed by atoms with van der Waals surface area (Å²) in [5.41, 5.74) is 0.698. The minimum Gasteiger partial charge on any atom is -0.477 e. The fourth-order valence-corrected chi connectivity index (χ4v) is 3.59. The van der Waals surface area contributed by atoms with Gasteiger partial charge in [0.05, 0.1) is 12.2 Å². The predicted octanol–water partition coefficient (Wildman–Crippen LogP) is 1.53. The molecule has 108 valence electrons. The van der Waals surface area contributed by atoms with E-state index in [-0.39, 0.29) is 21.5 Å². The van der Waals surface area contributed by atoms with Crippen molar-refractivity contribution in [3.8, 4) is 0 Å². The number of aromatic carboxylic acids is 1. The highest BCUT2D eigenvalue weighted by Gasteiger charge is 2.19. The molecule has 0 spiro atoms. The second kappa shape index (κ2) is 5.35. The first-order chi connectivity index (χ1) is 9.29. The molecule has 7 nitrogen and oxygen atoms in total. The summed E-state index contributed by atoms with van der Waals surface area (Å²) in [7, 11) is -3.77. The fourth-order valence-electron chi connectivity index (χ4n) is 1.42. The van der Waals surface area contributed by atoms with Gasteiger partial charge in [0, 0.05) is 0 Å². The van der Waals surface area contributed by atoms with Crippen molar-refractivity contribution in [2.45, 2.75) is 24.6 Å². The van der Waals surface area contributed by atoms with Gasteiger partial charge in [-0.1, -0.05) is 0 Å². The van der Waals surface area contributed by atoms with Crippen molar-refractivity contribution in [3.05, 3.63) is 34.4 Å². The molecule has 2 aromatic heterocycles. The smallest absolute Gasteiger partial charge is 0.345 e. The van der Waals surface area contributed by atoms with Crippen molar-refractivity contribution in [1.29, 1.82) is 0 Å².